The number of aryl methyl sites for hydroxylation is 2. The summed E-state index contributed by atoms with van der Waals surface area (Å²) in [4.78, 5) is 25.7. The van der Waals surface area contributed by atoms with E-state index in [2.05, 4.69) is 20.8 Å². The fraction of sp³-hybridized carbons (Fsp3) is 0.214. The number of nitrogens with zero attached hydrogens (tertiary/aromatic N) is 3. The van der Waals surface area contributed by atoms with Crippen molar-refractivity contribution in [3.05, 3.63) is 99.6 Å². The summed E-state index contributed by atoms with van der Waals surface area (Å²) in [5, 5.41) is 24.3. The lowest BCUT2D eigenvalue weighted by Gasteiger charge is -2.16. The van der Waals surface area contributed by atoms with Crippen molar-refractivity contribution in [3.63, 3.8) is 0 Å². The summed E-state index contributed by atoms with van der Waals surface area (Å²) in [6.07, 6.45) is 4.11. The van der Waals surface area contributed by atoms with E-state index in [4.69, 9.17) is 0 Å². The third kappa shape index (κ3) is 4.89. The Bertz CT molecular complexity index is 1470. The van der Waals surface area contributed by atoms with E-state index in [1.807, 2.05) is 43.3 Å². The number of hydrogen-bond donors (Lipinski definition) is 3. The third-order valence-electron chi connectivity index (χ3n) is 6.36. The predicted molar refractivity (Wildman–Crippen MR) is 139 cm³/mol. The second-order valence-electron chi connectivity index (χ2n) is 9.08. The first-order valence-electron chi connectivity index (χ1n) is 11.9. The van der Waals surface area contributed by atoms with Gasteiger partial charge in [0, 0.05) is 35.6 Å². The molecular weight excluding hydrogens is 454 g/mol. The van der Waals surface area contributed by atoms with E-state index >= 15 is 0 Å². The highest BCUT2D eigenvalue weighted by atomic mass is 16.3. The molecule has 5 rings (SSSR count). The van der Waals surface area contributed by atoms with Gasteiger partial charge in [0.1, 0.15) is 5.69 Å². The molecule has 0 radical (unpaired) electrons. The van der Waals surface area contributed by atoms with E-state index in [9.17, 15) is 14.7 Å². The van der Waals surface area contributed by atoms with Gasteiger partial charge in [0.2, 0.25) is 0 Å². The molecule has 8 heteroatoms. The topological polar surface area (TPSA) is 109 Å². The van der Waals surface area contributed by atoms with Crippen LogP contribution >= 0.6 is 0 Å². The summed E-state index contributed by atoms with van der Waals surface area (Å²) in [7, 11) is 1.66. The minimum atomic E-state index is -0.290. The number of aliphatic hydroxyl groups excluding tert-OH is 1. The molecule has 2 aromatic carbocycles. The zero-order valence-electron chi connectivity index (χ0n) is 20.2. The lowest BCUT2D eigenvalue weighted by molar-refractivity contribution is 0.102. The van der Waals surface area contributed by atoms with Gasteiger partial charge in [0.25, 0.3) is 11.5 Å². The van der Waals surface area contributed by atoms with Gasteiger partial charge in [0.15, 0.2) is 5.82 Å². The van der Waals surface area contributed by atoms with Crippen molar-refractivity contribution in [2.75, 3.05) is 10.6 Å². The number of carbonyl (C=O) groups excluding carboxylic acids is 1. The first-order valence-corrected chi connectivity index (χ1v) is 11.9. The highest BCUT2D eigenvalue weighted by Gasteiger charge is 2.23. The third-order valence-corrected chi connectivity index (χ3v) is 6.36. The maximum Gasteiger partial charge on any atom is 0.274 e. The maximum absolute atomic E-state index is 12.9. The molecule has 0 spiro atoms. The highest BCUT2D eigenvalue weighted by Crippen LogP contribution is 2.40. The SMILES string of the molecule is Cc1ccc(Nc2cc(-c3cccc(NC(=O)c4ccc(C5CC5)cc4)c3CO)cn(C)c2=O)nn1. The molecule has 0 aliphatic heterocycles. The molecule has 1 fully saturated rings. The summed E-state index contributed by atoms with van der Waals surface area (Å²) < 4.78 is 1.47. The Kier molecular flexibility index (Phi) is 6.35. The number of hydrogen-bond acceptors (Lipinski definition) is 6. The number of benzene rings is 2. The number of amides is 1. The molecular formula is C28H27N5O3. The van der Waals surface area contributed by atoms with Crippen molar-refractivity contribution in [3.8, 4) is 11.1 Å². The van der Waals surface area contributed by atoms with E-state index < -0.39 is 0 Å². The minimum absolute atomic E-state index is 0.231. The van der Waals surface area contributed by atoms with E-state index in [1.165, 1.54) is 23.0 Å². The Morgan fingerprint density at radius 1 is 1.06 bits per heavy atom. The fourth-order valence-corrected chi connectivity index (χ4v) is 4.21. The molecule has 1 aliphatic carbocycles. The number of rotatable bonds is 7. The lowest BCUT2D eigenvalue weighted by Crippen LogP contribution is -2.20. The summed E-state index contributed by atoms with van der Waals surface area (Å²) in [5.41, 5.74) is 5.16. The van der Waals surface area contributed by atoms with Crippen molar-refractivity contribution < 1.29 is 9.90 Å². The second-order valence-corrected chi connectivity index (χ2v) is 9.08. The van der Waals surface area contributed by atoms with Gasteiger partial charge in [-0.25, -0.2) is 0 Å². The smallest absolute Gasteiger partial charge is 0.274 e. The number of carbonyl (C=O) groups is 1. The molecule has 4 aromatic rings. The van der Waals surface area contributed by atoms with Crippen LogP contribution in [0.4, 0.5) is 17.2 Å². The van der Waals surface area contributed by atoms with E-state index in [1.54, 1.807) is 37.5 Å². The van der Waals surface area contributed by atoms with Crippen molar-refractivity contribution in [1.82, 2.24) is 14.8 Å². The maximum atomic E-state index is 12.9. The van der Waals surface area contributed by atoms with Crippen molar-refractivity contribution >= 4 is 23.1 Å². The first-order chi connectivity index (χ1) is 17.4. The predicted octanol–water partition coefficient (Wildman–Crippen LogP) is 4.52. The molecule has 2 aromatic heterocycles. The van der Waals surface area contributed by atoms with Crippen LogP contribution in [-0.2, 0) is 13.7 Å². The Hall–Kier alpha value is -4.30. The number of pyridine rings is 1. The fourth-order valence-electron chi connectivity index (χ4n) is 4.21. The van der Waals surface area contributed by atoms with Gasteiger partial charge in [-0.3, -0.25) is 9.59 Å². The first kappa shape index (κ1) is 23.4. The van der Waals surface area contributed by atoms with Gasteiger partial charge in [0.05, 0.1) is 12.3 Å². The van der Waals surface area contributed by atoms with Gasteiger partial charge in [-0.1, -0.05) is 24.3 Å². The molecule has 36 heavy (non-hydrogen) atoms. The van der Waals surface area contributed by atoms with Gasteiger partial charge in [-0.05, 0) is 73.2 Å². The zero-order chi connectivity index (χ0) is 25.2. The van der Waals surface area contributed by atoms with E-state index in [0.717, 1.165) is 5.69 Å². The number of anilines is 3. The molecule has 0 saturated heterocycles. The molecule has 1 saturated carbocycles. The van der Waals surface area contributed by atoms with E-state index in [0.29, 0.717) is 45.4 Å². The second kappa shape index (κ2) is 9.75. The van der Waals surface area contributed by atoms with Gasteiger partial charge in [-0.15, -0.1) is 5.10 Å². The summed E-state index contributed by atoms with van der Waals surface area (Å²) >= 11 is 0. The molecule has 0 unspecified atom stereocenters. The average molecular weight is 482 g/mol. The van der Waals surface area contributed by atoms with Crippen LogP contribution in [0.15, 0.2) is 71.7 Å². The van der Waals surface area contributed by atoms with Crippen LogP contribution in [0.2, 0.25) is 0 Å². The van der Waals surface area contributed by atoms with Gasteiger partial charge in [-0.2, -0.15) is 5.10 Å². The number of aliphatic hydroxyl groups is 1. The molecule has 1 aliphatic rings. The van der Waals surface area contributed by atoms with Crippen LogP contribution in [0.3, 0.4) is 0 Å². The average Bonchev–Trinajstić information content (AvgIpc) is 3.73. The number of aromatic nitrogens is 3. The van der Waals surface area contributed by atoms with Crippen LogP contribution in [-0.4, -0.2) is 25.8 Å². The Morgan fingerprint density at radius 3 is 2.50 bits per heavy atom. The molecule has 3 N–H and O–H groups in total. The van der Waals surface area contributed by atoms with Crippen molar-refractivity contribution in [2.24, 2.45) is 7.05 Å². The molecule has 182 valence electrons. The lowest BCUT2D eigenvalue weighted by atomic mass is 9.99. The monoisotopic (exact) mass is 481 g/mol. The van der Waals surface area contributed by atoms with E-state index in [-0.39, 0.29) is 18.1 Å². The Labute approximate surface area is 208 Å². The quantitative estimate of drug-likeness (QED) is 0.358. The Morgan fingerprint density at radius 2 is 1.83 bits per heavy atom. The molecule has 0 bridgehead atoms. The standard InChI is InChI=1S/C28H27N5O3/c1-17-6-13-26(32-31-17)29-25-14-21(15-33(2)28(25)36)22-4-3-5-24(23(22)16-34)30-27(35)20-11-9-19(10-12-20)18-7-8-18/h3-6,9-15,18,34H,7-8,16H2,1-2H3,(H,29,32)(H,30,35). The van der Waals surface area contributed by atoms with Crippen molar-refractivity contribution in [2.45, 2.75) is 32.3 Å². The van der Waals surface area contributed by atoms with Gasteiger partial charge >= 0.3 is 0 Å². The Balaban J connectivity index is 1.45. The minimum Gasteiger partial charge on any atom is -0.392 e. The highest BCUT2D eigenvalue weighted by molar-refractivity contribution is 6.05. The van der Waals surface area contributed by atoms with Crippen LogP contribution in [0.1, 0.15) is 45.9 Å². The molecule has 2 heterocycles. The van der Waals surface area contributed by atoms with Crippen LogP contribution in [0.25, 0.3) is 11.1 Å². The van der Waals surface area contributed by atoms with Gasteiger partial charge < -0.3 is 20.3 Å². The summed E-state index contributed by atoms with van der Waals surface area (Å²) in [5.74, 6) is 0.829. The van der Waals surface area contributed by atoms with Crippen LogP contribution in [0, 0.1) is 6.92 Å². The van der Waals surface area contributed by atoms with Crippen LogP contribution in [0.5, 0.6) is 0 Å². The van der Waals surface area contributed by atoms with Crippen LogP contribution < -0.4 is 16.2 Å². The molecule has 0 atom stereocenters. The largest absolute Gasteiger partial charge is 0.392 e. The molecule has 8 nitrogen and oxygen atoms in total. The normalized spacial score (nSPS) is 12.9. The summed E-state index contributed by atoms with van der Waals surface area (Å²) in [6, 6.07) is 18.4. The zero-order valence-corrected chi connectivity index (χ0v) is 20.2. The van der Waals surface area contributed by atoms with Crippen molar-refractivity contribution in [1.29, 1.82) is 0 Å². The molecule has 1 amide bonds. The number of nitrogens with one attached hydrogen (secondary N) is 2. The summed E-state index contributed by atoms with van der Waals surface area (Å²) in [6.45, 7) is 1.54.